The van der Waals surface area contributed by atoms with E-state index in [9.17, 15) is 14.7 Å². The summed E-state index contributed by atoms with van der Waals surface area (Å²) in [5.74, 6) is 0.722. The van der Waals surface area contributed by atoms with Crippen molar-refractivity contribution in [1.82, 2.24) is 9.55 Å². The smallest absolute Gasteiger partial charge is 0.262 e. The molecule has 2 aromatic heterocycles. The average Bonchev–Trinajstić information content (AvgIpc) is 3.26. The second kappa shape index (κ2) is 9.79. The largest absolute Gasteiger partial charge is 0.493 e. The number of hydrogen-bond acceptors (Lipinski definition) is 7. The molecule has 2 aromatic carbocycles. The Balaban J connectivity index is 1.54. The highest BCUT2D eigenvalue weighted by Crippen LogP contribution is 2.32. The number of aryl methyl sites for hydroxylation is 2. The molecule has 4 aromatic rings. The maximum atomic E-state index is 13.3. The van der Waals surface area contributed by atoms with Gasteiger partial charge in [0.15, 0.2) is 17.3 Å². The Hall–Kier alpha value is -3.49. The van der Waals surface area contributed by atoms with Gasteiger partial charge in [0.05, 0.1) is 25.4 Å². The van der Waals surface area contributed by atoms with Gasteiger partial charge in [0.2, 0.25) is 0 Å². The van der Waals surface area contributed by atoms with Crippen molar-refractivity contribution < 1.29 is 19.4 Å². The average molecular weight is 479 g/mol. The maximum absolute atomic E-state index is 13.3. The van der Waals surface area contributed by atoms with Crippen molar-refractivity contribution in [2.45, 2.75) is 33.4 Å². The third kappa shape index (κ3) is 4.73. The van der Waals surface area contributed by atoms with Gasteiger partial charge in [0, 0.05) is 16.5 Å². The summed E-state index contributed by atoms with van der Waals surface area (Å²) in [6.45, 7) is 5.53. The fourth-order valence-electron chi connectivity index (χ4n) is 3.69. The third-order valence-corrected chi connectivity index (χ3v) is 6.67. The molecule has 0 saturated carbocycles. The number of carbonyl (C=O) groups excluding carboxylic acids is 1. The zero-order chi connectivity index (χ0) is 24.4. The lowest BCUT2D eigenvalue weighted by Crippen LogP contribution is -2.30. The van der Waals surface area contributed by atoms with Gasteiger partial charge in [-0.15, -0.1) is 11.3 Å². The standard InChI is InChI=1S/C26H26N2O5S/c1-15-5-6-19(9-16(15)2)21-13-34-25-24(21)26(31)28(14-27-25)11-20(30)12-33-22-8-7-18(17(3)29)10-23(22)32-4/h5-10,13-14,20,30H,11-12H2,1-4H3/t20-/m0/s1. The summed E-state index contributed by atoms with van der Waals surface area (Å²) in [4.78, 5) is 29.9. The van der Waals surface area contributed by atoms with Crippen LogP contribution in [0.25, 0.3) is 21.3 Å². The molecule has 1 N–H and O–H groups in total. The van der Waals surface area contributed by atoms with Crippen molar-refractivity contribution in [3.63, 3.8) is 0 Å². The number of rotatable bonds is 8. The molecule has 2 heterocycles. The normalized spacial score (nSPS) is 12.0. The summed E-state index contributed by atoms with van der Waals surface area (Å²) in [5.41, 5.74) is 4.45. The summed E-state index contributed by atoms with van der Waals surface area (Å²) in [6.07, 6.45) is 0.495. The van der Waals surface area contributed by atoms with Gasteiger partial charge in [-0.25, -0.2) is 4.98 Å². The molecule has 0 radical (unpaired) electrons. The Morgan fingerprint density at radius 3 is 2.65 bits per heavy atom. The van der Waals surface area contributed by atoms with E-state index in [0.717, 1.165) is 16.7 Å². The van der Waals surface area contributed by atoms with E-state index in [4.69, 9.17) is 9.47 Å². The van der Waals surface area contributed by atoms with Crippen molar-refractivity contribution in [2.24, 2.45) is 0 Å². The number of aliphatic hydroxyl groups is 1. The summed E-state index contributed by atoms with van der Waals surface area (Å²) in [7, 11) is 1.48. The van der Waals surface area contributed by atoms with Crippen LogP contribution in [0.1, 0.15) is 28.4 Å². The van der Waals surface area contributed by atoms with E-state index in [-0.39, 0.29) is 24.5 Å². The van der Waals surface area contributed by atoms with Gasteiger partial charge < -0.3 is 14.6 Å². The quantitative estimate of drug-likeness (QED) is 0.378. The molecule has 0 aliphatic rings. The van der Waals surface area contributed by atoms with Crippen LogP contribution >= 0.6 is 11.3 Å². The van der Waals surface area contributed by atoms with Gasteiger partial charge in [-0.1, -0.05) is 18.2 Å². The molecule has 8 heteroatoms. The van der Waals surface area contributed by atoms with Crippen LogP contribution in [0.4, 0.5) is 0 Å². The number of aliphatic hydroxyl groups excluding tert-OH is 1. The van der Waals surface area contributed by atoms with Crippen molar-refractivity contribution in [3.05, 3.63) is 75.1 Å². The number of Topliss-reactive ketones (excluding diaryl/α,β-unsaturated/α-hetero) is 1. The predicted octanol–water partition coefficient (Wildman–Crippen LogP) is 4.39. The molecule has 4 rings (SSSR count). The van der Waals surface area contributed by atoms with Crippen LogP contribution in [-0.4, -0.2) is 40.3 Å². The number of ketones is 1. The topological polar surface area (TPSA) is 90.7 Å². The molecule has 0 fully saturated rings. The highest BCUT2D eigenvalue weighted by Gasteiger charge is 2.17. The monoisotopic (exact) mass is 478 g/mol. The van der Waals surface area contributed by atoms with Gasteiger partial charge in [-0.3, -0.25) is 14.2 Å². The van der Waals surface area contributed by atoms with Crippen molar-refractivity contribution in [2.75, 3.05) is 13.7 Å². The van der Waals surface area contributed by atoms with Crippen LogP contribution in [0.15, 0.2) is 52.9 Å². The molecule has 0 unspecified atom stereocenters. The van der Waals surface area contributed by atoms with E-state index < -0.39 is 6.10 Å². The van der Waals surface area contributed by atoms with Crippen LogP contribution < -0.4 is 15.0 Å². The van der Waals surface area contributed by atoms with E-state index in [1.807, 2.05) is 24.4 Å². The summed E-state index contributed by atoms with van der Waals surface area (Å²) in [5, 5.41) is 13.1. The first kappa shape index (κ1) is 23.7. The van der Waals surface area contributed by atoms with Gasteiger partial charge in [0.1, 0.15) is 17.5 Å². The van der Waals surface area contributed by atoms with Gasteiger partial charge in [-0.2, -0.15) is 0 Å². The zero-order valence-electron chi connectivity index (χ0n) is 19.5. The van der Waals surface area contributed by atoms with Crippen LogP contribution in [0, 0.1) is 13.8 Å². The van der Waals surface area contributed by atoms with Gasteiger partial charge in [-0.05, 0) is 55.7 Å². The minimum absolute atomic E-state index is 0.0256. The molecular weight excluding hydrogens is 452 g/mol. The predicted molar refractivity (Wildman–Crippen MR) is 133 cm³/mol. The van der Waals surface area contributed by atoms with Crippen LogP contribution in [0.3, 0.4) is 0 Å². The maximum Gasteiger partial charge on any atom is 0.262 e. The third-order valence-electron chi connectivity index (χ3n) is 5.79. The van der Waals surface area contributed by atoms with E-state index in [1.165, 1.54) is 41.8 Å². The number of benzene rings is 2. The van der Waals surface area contributed by atoms with Gasteiger partial charge >= 0.3 is 0 Å². The minimum Gasteiger partial charge on any atom is -0.493 e. The molecule has 176 valence electrons. The number of ether oxygens (including phenoxy) is 2. The minimum atomic E-state index is -0.960. The molecule has 0 aliphatic carbocycles. The fourth-order valence-corrected chi connectivity index (χ4v) is 4.60. The first-order valence-corrected chi connectivity index (χ1v) is 11.7. The first-order chi connectivity index (χ1) is 16.3. The Kier molecular flexibility index (Phi) is 6.81. The van der Waals surface area contributed by atoms with E-state index in [1.54, 1.807) is 18.2 Å². The number of aromatic nitrogens is 2. The fraction of sp³-hybridized carbons (Fsp3) is 0.269. The van der Waals surface area contributed by atoms with E-state index in [0.29, 0.717) is 27.3 Å². The molecule has 0 spiro atoms. The molecule has 0 bridgehead atoms. The Bertz CT molecular complexity index is 1420. The Labute approximate surface area is 201 Å². The molecular formula is C26H26N2O5S. The summed E-state index contributed by atoms with van der Waals surface area (Å²) < 4.78 is 12.4. The van der Waals surface area contributed by atoms with E-state index >= 15 is 0 Å². The molecule has 34 heavy (non-hydrogen) atoms. The second-order valence-corrected chi connectivity index (χ2v) is 9.08. The number of carbonyl (C=O) groups is 1. The summed E-state index contributed by atoms with van der Waals surface area (Å²) >= 11 is 1.43. The number of hydrogen-bond donors (Lipinski definition) is 1. The van der Waals surface area contributed by atoms with Gasteiger partial charge in [0.25, 0.3) is 5.56 Å². The first-order valence-electron chi connectivity index (χ1n) is 10.8. The highest BCUT2D eigenvalue weighted by molar-refractivity contribution is 7.17. The SMILES string of the molecule is COc1cc(C(C)=O)ccc1OC[C@@H](O)Cn1cnc2scc(-c3ccc(C)c(C)c3)c2c1=O. The van der Waals surface area contributed by atoms with E-state index in [2.05, 4.69) is 18.0 Å². The number of methoxy groups -OCH3 is 1. The van der Waals surface area contributed by atoms with Crippen molar-refractivity contribution in [3.8, 4) is 22.6 Å². The van der Waals surface area contributed by atoms with Crippen LogP contribution in [0.5, 0.6) is 11.5 Å². The lowest BCUT2D eigenvalue weighted by atomic mass is 10.0. The molecule has 7 nitrogen and oxygen atoms in total. The Morgan fingerprint density at radius 2 is 1.94 bits per heavy atom. The van der Waals surface area contributed by atoms with Crippen LogP contribution in [-0.2, 0) is 6.54 Å². The van der Waals surface area contributed by atoms with Crippen molar-refractivity contribution in [1.29, 1.82) is 0 Å². The lowest BCUT2D eigenvalue weighted by Gasteiger charge is -2.16. The zero-order valence-corrected chi connectivity index (χ0v) is 20.3. The van der Waals surface area contributed by atoms with Crippen LogP contribution in [0.2, 0.25) is 0 Å². The number of thiophene rings is 1. The summed E-state index contributed by atoms with van der Waals surface area (Å²) in [6, 6.07) is 11.0. The van der Waals surface area contributed by atoms with Crippen molar-refractivity contribution >= 4 is 27.3 Å². The lowest BCUT2D eigenvalue weighted by molar-refractivity contribution is 0.0899. The number of fused-ring (bicyclic) bond motifs is 1. The second-order valence-electron chi connectivity index (χ2n) is 8.22. The molecule has 1 atom stereocenters. The number of nitrogens with zero attached hydrogens (tertiary/aromatic N) is 2. The molecule has 0 amide bonds. The highest BCUT2D eigenvalue weighted by atomic mass is 32.1. The Morgan fingerprint density at radius 1 is 1.15 bits per heavy atom. The molecule has 0 aliphatic heterocycles. The molecule has 0 saturated heterocycles.